The van der Waals surface area contributed by atoms with Gasteiger partial charge in [-0.05, 0) is 80.8 Å². The van der Waals surface area contributed by atoms with Crippen molar-refractivity contribution in [2.45, 2.75) is 18.5 Å². The van der Waals surface area contributed by atoms with Gasteiger partial charge in [0.15, 0.2) is 0 Å². The molecule has 0 radical (unpaired) electrons. The van der Waals surface area contributed by atoms with Crippen LogP contribution < -0.4 is 0 Å². The largest absolute Gasteiger partial charge is 0.416 e. The molecule has 3 aromatic rings. The van der Waals surface area contributed by atoms with Crippen molar-refractivity contribution >= 4 is 16.7 Å². The predicted octanol–water partition coefficient (Wildman–Crippen LogP) is 7.87. The minimum atomic E-state index is -4.45. The molecule has 4 nitrogen and oxygen atoms in total. The van der Waals surface area contributed by atoms with Crippen molar-refractivity contribution in [3.8, 4) is 35.4 Å². The Hall–Kier alpha value is -5.63. The number of hydrogen-bond acceptors (Lipinski definition) is 4. The van der Waals surface area contributed by atoms with Crippen LogP contribution >= 0.6 is 0 Å². The van der Waals surface area contributed by atoms with Crippen molar-refractivity contribution in [1.82, 2.24) is 0 Å². The van der Waals surface area contributed by atoms with Gasteiger partial charge in [0.2, 0.25) is 0 Å². The zero-order valence-corrected chi connectivity index (χ0v) is 20.6. The van der Waals surface area contributed by atoms with Crippen LogP contribution in [0.3, 0.4) is 0 Å². The Labute approximate surface area is 227 Å². The maximum atomic E-state index is 13.1. The van der Waals surface area contributed by atoms with E-state index in [4.69, 9.17) is 0 Å². The van der Waals surface area contributed by atoms with Gasteiger partial charge in [0.1, 0.15) is 35.4 Å². The van der Waals surface area contributed by atoms with Crippen LogP contribution in [0, 0.1) is 45.3 Å². The highest BCUT2D eigenvalue weighted by Gasteiger charge is 2.41. The first kappa shape index (κ1) is 24.7. The molecule has 0 saturated carbocycles. The van der Waals surface area contributed by atoms with Crippen molar-refractivity contribution in [3.63, 3.8) is 0 Å². The summed E-state index contributed by atoms with van der Waals surface area (Å²) in [6.07, 6.45) is -2.04. The van der Waals surface area contributed by atoms with Crippen LogP contribution in [-0.4, -0.2) is 0 Å². The standard InChI is InChI=1S/C33H15F3N4/c34-33(35,36)22-8-5-18(6-9-22)19-7-10-24-27-13-29-26(12-30(27)32(28(24)11-19)21(16-39)17-40)23-3-1-2-4-25(23)31(29)20(14-37)15-38/h1-11,13,26H,12H2. The molecule has 0 spiro atoms. The van der Waals surface area contributed by atoms with Crippen molar-refractivity contribution in [2.24, 2.45) is 0 Å². The van der Waals surface area contributed by atoms with E-state index in [0.717, 1.165) is 45.5 Å². The molecule has 3 aliphatic rings. The van der Waals surface area contributed by atoms with Gasteiger partial charge in [-0.2, -0.15) is 34.2 Å². The van der Waals surface area contributed by atoms with E-state index in [-0.39, 0.29) is 17.1 Å². The molecule has 1 unspecified atom stereocenters. The van der Waals surface area contributed by atoms with Crippen LogP contribution in [0.5, 0.6) is 0 Å². The van der Waals surface area contributed by atoms with Crippen molar-refractivity contribution in [3.05, 3.63) is 123 Å². The van der Waals surface area contributed by atoms with E-state index >= 15 is 0 Å². The lowest BCUT2D eigenvalue weighted by Crippen LogP contribution is -2.05. The number of halogens is 3. The zero-order chi connectivity index (χ0) is 28.2. The number of alkyl halides is 3. The van der Waals surface area contributed by atoms with Crippen LogP contribution in [0.25, 0.3) is 27.8 Å². The Kier molecular flexibility index (Phi) is 5.55. The average Bonchev–Trinajstić information content (AvgIpc) is 3.45. The number of fused-ring (bicyclic) bond motifs is 5. The summed E-state index contributed by atoms with van der Waals surface area (Å²) in [4.78, 5) is 0. The second-order valence-corrected chi connectivity index (χ2v) is 9.62. The topological polar surface area (TPSA) is 95.2 Å². The number of allylic oxidation sites excluding steroid dienone is 8. The average molecular weight is 525 g/mol. The summed E-state index contributed by atoms with van der Waals surface area (Å²) in [6.45, 7) is 0. The van der Waals surface area contributed by atoms with Crippen LogP contribution in [0.4, 0.5) is 13.2 Å². The summed E-state index contributed by atoms with van der Waals surface area (Å²) >= 11 is 0. The van der Waals surface area contributed by atoms with E-state index in [1.54, 1.807) is 12.1 Å². The molecule has 0 saturated heterocycles. The fraction of sp³-hybridized carbons (Fsp3) is 0.0909. The number of nitriles is 4. The third kappa shape index (κ3) is 3.58. The third-order valence-electron chi connectivity index (χ3n) is 7.68. The molecule has 0 amide bonds. The van der Waals surface area contributed by atoms with E-state index in [9.17, 15) is 34.2 Å². The SMILES string of the molecule is N#CC(C#N)=C1C2=C(C=C3C(=C(C#N)C#N)c4ccccc4C3C2)c2ccc(-c3ccc(C(F)(F)F)cc3)cc21. The quantitative estimate of drug-likeness (QED) is 0.303. The maximum absolute atomic E-state index is 13.1. The Morgan fingerprint density at radius 2 is 1.32 bits per heavy atom. The van der Waals surface area contributed by atoms with E-state index in [1.165, 1.54) is 12.1 Å². The molecule has 0 N–H and O–H groups in total. The molecule has 1 atom stereocenters. The fourth-order valence-corrected chi connectivity index (χ4v) is 5.97. The van der Waals surface area contributed by atoms with Gasteiger partial charge in [-0.3, -0.25) is 0 Å². The summed E-state index contributed by atoms with van der Waals surface area (Å²) < 4.78 is 39.3. The Bertz CT molecular complexity index is 1910. The van der Waals surface area contributed by atoms with Gasteiger partial charge >= 0.3 is 6.18 Å². The van der Waals surface area contributed by atoms with Gasteiger partial charge in [0, 0.05) is 17.1 Å². The van der Waals surface area contributed by atoms with Crippen molar-refractivity contribution < 1.29 is 13.2 Å². The highest BCUT2D eigenvalue weighted by molar-refractivity contribution is 6.09. The monoisotopic (exact) mass is 524 g/mol. The molecule has 6 rings (SSSR count). The summed E-state index contributed by atoms with van der Waals surface area (Å²) in [6, 6.07) is 26.0. The van der Waals surface area contributed by atoms with Crippen molar-refractivity contribution in [1.29, 1.82) is 21.0 Å². The first-order chi connectivity index (χ1) is 19.3. The summed E-state index contributed by atoms with van der Waals surface area (Å²) in [5.41, 5.74) is 7.22. The third-order valence-corrected chi connectivity index (χ3v) is 7.68. The Morgan fingerprint density at radius 3 is 1.98 bits per heavy atom. The Balaban J connectivity index is 1.55. The molecular weight excluding hydrogens is 509 g/mol. The molecule has 3 aromatic carbocycles. The number of benzene rings is 3. The van der Waals surface area contributed by atoms with Crippen LogP contribution in [-0.2, 0) is 6.18 Å². The maximum Gasteiger partial charge on any atom is 0.416 e. The first-order valence-electron chi connectivity index (χ1n) is 12.3. The molecule has 0 aromatic heterocycles. The summed E-state index contributed by atoms with van der Waals surface area (Å²) in [5, 5.41) is 39.2. The van der Waals surface area contributed by atoms with Crippen LogP contribution in [0.1, 0.15) is 40.2 Å². The van der Waals surface area contributed by atoms with Gasteiger partial charge in [-0.15, -0.1) is 0 Å². The van der Waals surface area contributed by atoms with E-state index in [0.29, 0.717) is 34.3 Å². The first-order valence-corrected chi connectivity index (χ1v) is 12.3. The Morgan fingerprint density at radius 1 is 0.700 bits per heavy atom. The molecule has 188 valence electrons. The minimum Gasteiger partial charge on any atom is -0.192 e. The lowest BCUT2D eigenvalue weighted by Gasteiger charge is -2.22. The van der Waals surface area contributed by atoms with Gasteiger partial charge in [0.25, 0.3) is 0 Å². The number of nitrogens with zero attached hydrogens (tertiary/aromatic N) is 4. The lowest BCUT2D eigenvalue weighted by atomic mass is 9.80. The smallest absolute Gasteiger partial charge is 0.192 e. The predicted molar refractivity (Wildman–Crippen MR) is 142 cm³/mol. The van der Waals surface area contributed by atoms with E-state index < -0.39 is 11.7 Å². The molecular formula is C33H15F3N4. The molecule has 40 heavy (non-hydrogen) atoms. The molecule has 7 heteroatoms. The van der Waals surface area contributed by atoms with Gasteiger partial charge < -0.3 is 0 Å². The van der Waals surface area contributed by atoms with E-state index in [1.807, 2.05) is 60.7 Å². The second-order valence-electron chi connectivity index (χ2n) is 9.62. The van der Waals surface area contributed by atoms with E-state index in [2.05, 4.69) is 0 Å². The van der Waals surface area contributed by atoms with Crippen LogP contribution in [0.15, 0.2) is 95.1 Å². The second kappa shape index (κ2) is 8.99. The highest BCUT2D eigenvalue weighted by Crippen LogP contribution is 2.58. The molecule has 3 aliphatic carbocycles. The van der Waals surface area contributed by atoms with Gasteiger partial charge in [0.05, 0.1) is 5.56 Å². The number of hydrogen-bond donors (Lipinski definition) is 0. The molecule has 0 aliphatic heterocycles. The minimum absolute atomic E-state index is 0.0200. The van der Waals surface area contributed by atoms with Crippen molar-refractivity contribution in [2.75, 3.05) is 0 Å². The zero-order valence-electron chi connectivity index (χ0n) is 20.6. The molecule has 0 heterocycles. The normalized spacial score (nSPS) is 16.4. The molecule has 0 fully saturated rings. The van der Waals surface area contributed by atoms with Gasteiger partial charge in [-0.25, -0.2) is 0 Å². The summed E-state index contributed by atoms with van der Waals surface area (Å²) in [5.74, 6) is -0.168. The highest BCUT2D eigenvalue weighted by atomic mass is 19.4. The van der Waals surface area contributed by atoms with Gasteiger partial charge in [-0.1, -0.05) is 48.5 Å². The summed E-state index contributed by atoms with van der Waals surface area (Å²) in [7, 11) is 0. The lowest BCUT2D eigenvalue weighted by molar-refractivity contribution is -0.137. The fourth-order valence-electron chi connectivity index (χ4n) is 5.97. The molecule has 0 bridgehead atoms. The van der Waals surface area contributed by atoms with Crippen LogP contribution in [0.2, 0.25) is 0 Å². The number of rotatable bonds is 1.